The van der Waals surface area contributed by atoms with Crippen LogP contribution in [0.4, 0.5) is 0 Å². The van der Waals surface area contributed by atoms with E-state index in [-0.39, 0.29) is 18.1 Å². The van der Waals surface area contributed by atoms with Crippen molar-refractivity contribution >= 4 is 5.78 Å². The van der Waals surface area contributed by atoms with Gasteiger partial charge in [0, 0.05) is 58.9 Å². The molecule has 0 aromatic rings. The van der Waals surface area contributed by atoms with Gasteiger partial charge in [0.1, 0.15) is 5.78 Å². The summed E-state index contributed by atoms with van der Waals surface area (Å²) in [7, 11) is 7.68. The lowest BCUT2D eigenvalue weighted by molar-refractivity contribution is -0.162. The summed E-state index contributed by atoms with van der Waals surface area (Å²) in [4.78, 5) is 16.9. The monoisotopic (exact) mass is 780 g/mol. The summed E-state index contributed by atoms with van der Waals surface area (Å²) in [5.41, 5.74) is 0. The zero-order valence-corrected chi connectivity index (χ0v) is 36.0. The van der Waals surface area contributed by atoms with Crippen LogP contribution in [0, 0.1) is 59.2 Å². The van der Waals surface area contributed by atoms with E-state index in [4.69, 9.17) is 23.7 Å². The maximum Gasteiger partial charge on any atom is 0.141 e. The fraction of sp³-hybridized carbons (Fsp3) is 0.980. The van der Waals surface area contributed by atoms with Crippen molar-refractivity contribution in [3.05, 3.63) is 0 Å². The van der Waals surface area contributed by atoms with E-state index in [0.29, 0.717) is 42.5 Å². The molecule has 318 valence electrons. The molecule has 0 aromatic carbocycles. The number of ether oxygens (including phenoxy) is 5. The molecule has 14 atom stereocenters. The molecule has 0 aromatic heterocycles. The first-order chi connectivity index (χ1) is 27.4. The molecule has 2 saturated heterocycles. The van der Waals surface area contributed by atoms with E-state index in [1.165, 1.54) is 128 Å². The Bertz CT molecular complexity index is 1200. The van der Waals surface area contributed by atoms with Gasteiger partial charge in [-0.1, -0.05) is 19.3 Å². The number of carbonyl (C=O) groups excluding carboxylic acids is 1. The Labute approximate surface area is 341 Å². The van der Waals surface area contributed by atoms with Crippen LogP contribution in [-0.2, 0) is 28.5 Å². The van der Waals surface area contributed by atoms with Gasteiger partial charge in [0.05, 0.1) is 36.6 Å². The van der Waals surface area contributed by atoms with Gasteiger partial charge in [-0.2, -0.15) is 0 Å². The Hall–Kier alpha value is -0.570. The molecule has 0 spiro atoms. The molecule has 7 heteroatoms. The predicted octanol–water partition coefficient (Wildman–Crippen LogP) is 9.81. The van der Waals surface area contributed by atoms with Crippen molar-refractivity contribution in [3.8, 4) is 0 Å². The van der Waals surface area contributed by atoms with Gasteiger partial charge in [-0.05, 0) is 188 Å². The highest BCUT2D eigenvalue weighted by atomic mass is 16.5. The fourth-order valence-electron chi connectivity index (χ4n) is 16.2. The van der Waals surface area contributed by atoms with Crippen LogP contribution in [0.5, 0.6) is 0 Å². The second kappa shape index (κ2) is 18.2. The second-order valence-corrected chi connectivity index (χ2v) is 21.5. The van der Waals surface area contributed by atoms with Crippen molar-refractivity contribution in [2.45, 2.75) is 215 Å². The van der Waals surface area contributed by atoms with E-state index in [9.17, 15) is 4.79 Å². The van der Waals surface area contributed by atoms with Crippen molar-refractivity contribution in [1.82, 2.24) is 4.90 Å². The normalized spacial score (nSPS) is 49.5. The predicted molar refractivity (Wildman–Crippen MR) is 220 cm³/mol. The van der Waals surface area contributed by atoms with Crippen LogP contribution in [0.3, 0.4) is 0 Å². The number of carbonyl (C=O) groups is 1. The highest BCUT2D eigenvalue weighted by Gasteiger charge is 2.56. The van der Waals surface area contributed by atoms with Gasteiger partial charge >= 0.3 is 0 Å². The third-order valence-corrected chi connectivity index (χ3v) is 19.1. The molecule has 9 rings (SSSR count). The molecule has 0 amide bonds. The third kappa shape index (κ3) is 8.37. The molecule has 0 bridgehead atoms. The zero-order chi connectivity index (χ0) is 38.3. The van der Waals surface area contributed by atoms with E-state index >= 15 is 0 Å². The average molecular weight is 780 g/mol. The number of nitrogens with zero attached hydrogens (tertiary/aromatic N) is 1. The number of ketones is 1. The topological polar surface area (TPSA) is 66.5 Å². The maximum atomic E-state index is 13.7. The van der Waals surface area contributed by atoms with E-state index in [1.54, 1.807) is 0 Å². The number of fused-ring (bicyclic) bond motifs is 4. The molecule has 0 N–H and O–H groups in total. The number of rotatable bonds is 9. The highest BCUT2D eigenvalue weighted by Crippen LogP contribution is 2.57. The Kier molecular flexibility index (Phi) is 13.3. The van der Waals surface area contributed by atoms with Crippen LogP contribution >= 0.6 is 0 Å². The maximum absolute atomic E-state index is 13.7. The first-order valence-corrected chi connectivity index (χ1v) is 24.5. The molecular formula is C49H81NO6. The Morgan fingerprint density at radius 1 is 0.446 bits per heavy atom. The van der Waals surface area contributed by atoms with E-state index in [0.717, 1.165) is 91.2 Å². The number of Topliss-reactive ketones (excluding diaryl/α,β-unsaturated/α-hetero) is 1. The summed E-state index contributed by atoms with van der Waals surface area (Å²) in [5, 5.41) is 0. The summed E-state index contributed by atoms with van der Waals surface area (Å²) < 4.78 is 30.8. The van der Waals surface area contributed by atoms with Gasteiger partial charge in [0.2, 0.25) is 0 Å². The van der Waals surface area contributed by atoms with Crippen LogP contribution in [0.2, 0.25) is 0 Å². The summed E-state index contributed by atoms with van der Waals surface area (Å²) in [6.45, 7) is 0. The van der Waals surface area contributed by atoms with Crippen LogP contribution in [-0.4, -0.2) is 93.9 Å². The third-order valence-electron chi connectivity index (χ3n) is 19.1. The number of hydrogen-bond acceptors (Lipinski definition) is 7. The zero-order valence-electron chi connectivity index (χ0n) is 36.0. The standard InChI is InChI=1S/C49H81NO6/c1-52-38-20-35(21-39(27-38)53-2)33-12-17-45-42(24-33)43-25-34(36-22-40(54-3)28-41(23-36)55-4)13-18-46(43)50(45)37-15-10-30(11-16-37)32-14-19-48-44(26-32)47(51)29-49(56-48)31-8-6-5-7-9-31/h30-46,48-49H,5-29H2,1-4H3. The molecule has 7 saturated carbocycles. The summed E-state index contributed by atoms with van der Waals surface area (Å²) in [6.07, 6.45) is 33.6. The first-order valence-electron chi connectivity index (χ1n) is 24.5. The average Bonchev–Trinajstić information content (AvgIpc) is 3.59. The first kappa shape index (κ1) is 40.8. The lowest BCUT2D eigenvalue weighted by Gasteiger charge is -2.48. The summed E-state index contributed by atoms with van der Waals surface area (Å²) >= 11 is 0. The minimum absolute atomic E-state index is 0.182. The SMILES string of the molecule is COC1CC(OC)CC(C2CCC3C(C2)C2CC(C4CC(OC)CC(OC)C4)CCC2N3C2CCC(C3CCC4OC(C5CCCCC5)CC(=O)C4C3)CC2)C1. The van der Waals surface area contributed by atoms with Crippen LogP contribution in [0.1, 0.15) is 161 Å². The molecule has 0 radical (unpaired) electrons. The van der Waals surface area contributed by atoms with Crippen molar-refractivity contribution in [1.29, 1.82) is 0 Å². The highest BCUT2D eigenvalue weighted by molar-refractivity contribution is 5.83. The Balaban J connectivity index is 0.863. The van der Waals surface area contributed by atoms with Gasteiger partial charge in [-0.3, -0.25) is 9.69 Å². The van der Waals surface area contributed by atoms with E-state index in [1.807, 2.05) is 28.4 Å². The van der Waals surface area contributed by atoms with Crippen molar-refractivity contribution < 1.29 is 28.5 Å². The molecule has 9 aliphatic rings. The Morgan fingerprint density at radius 3 is 1.45 bits per heavy atom. The second-order valence-electron chi connectivity index (χ2n) is 21.5. The van der Waals surface area contributed by atoms with Gasteiger partial charge < -0.3 is 23.7 Å². The van der Waals surface area contributed by atoms with Gasteiger partial charge in [-0.15, -0.1) is 0 Å². The molecule has 9 fully saturated rings. The fourth-order valence-corrected chi connectivity index (χ4v) is 16.2. The molecule has 2 aliphatic heterocycles. The molecule has 14 unspecified atom stereocenters. The molecule has 56 heavy (non-hydrogen) atoms. The van der Waals surface area contributed by atoms with E-state index < -0.39 is 0 Å². The van der Waals surface area contributed by atoms with Crippen LogP contribution in [0.25, 0.3) is 0 Å². The summed E-state index contributed by atoms with van der Waals surface area (Å²) in [6, 6.07) is 2.30. The number of hydrogen-bond donors (Lipinski definition) is 0. The van der Waals surface area contributed by atoms with Gasteiger partial charge in [0.15, 0.2) is 0 Å². The molecule has 7 aliphatic carbocycles. The quantitative estimate of drug-likeness (QED) is 0.231. The van der Waals surface area contributed by atoms with E-state index in [2.05, 4.69) is 4.90 Å². The van der Waals surface area contributed by atoms with Crippen LogP contribution < -0.4 is 0 Å². The van der Waals surface area contributed by atoms with Gasteiger partial charge in [0.25, 0.3) is 0 Å². The van der Waals surface area contributed by atoms with Crippen molar-refractivity contribution in [2.75, 3.05) is 28.4 Å². The smallest absolute Gasteiger partial charge is 0.141 e. The number of likely N-dealkylation sites (tertiary alicyclic amines) is 1. The van der Waals surface area contributed by atoms with Crippen LogP contribution in [0.15, 0.2) is 0 Å². The lowest BCUT2D eigenvalue weighted by atomic mass is 9.62. The Morgan fingerprint density at radius 2 is 0.929 bits per heavy atom. The lowest BCUT2D eigenvalue weighted by Crippen LogP contribution is -2.50. The molecule has 7 nitrogen and oxygen atoms in total. The largest absolute Gasteiger partial charge is 0.381 e. The van der Waals surface area contributed by atoms with Gasteiger partial charge in [-0.25, -0.2) is 0 Å². The minimum atomic E-state index is 0.182. The van der Waals surface area contributed by atoms with Crippen molar-refractivity contribution in [3.63, 3.8) is 0 Å². The minimum Gasteiger partial charge on any atom is -0.381 e. The molecular weight excluding hydrogens is 699 g/mol. The number of methoxy groups -OCH3 is 4. The van der Waals surface area contributed by atoms with Crippen molar-refractivity contribution in [2.24, 2.45) is 59.2 Å². The molecule has 2 heterocycles. The summed E-state index contributed by atoms with van der Waals surface area (Å²) in [5.74, 6) is 7.69.